The van der Waals surface area contributed by atoms with E-state index in [1.54, 1.807) is 22.6 Å². The molecule has 0 spiro atoms. The van der Waals surface area contributed by atoms with Gasteiger partial charge < -0.3 is 10.0 Å². The normalized spacial score (nSPS) is 9.82. The Kier molecular flexibility index (Phi) is 2.80. The Labute approximate surface area is 76.6 Å². The molecule has 0 atom stereocenters. The molecule has 0 saturated carbocycles. The number of aromatic nitrogens is 1. The average Bonchev–Trinajstić information content (AvgIpc) is 1.85. The Balaban J connectivity index is 3.08. The zero-order valence-corrected chi connectivity index (χ0v) is 7.49. The van der Waals surface area contributed by atoms with E-state index in [-0.39, 0.29) is 5.46 Å². The molecule has 1 rings (SSSR count). The first kappa shape index (κ1) is 8.89. The van der Waals surface area contributed by atoms with E-state index in [2.05, 4.69) is 4.98 Å². The van der Waals surface area contributed by atoms with Crippen molar-refractivity contribution >= 4 is 35.2 Å². The van der Waals surface area contributed by atoms with Crippen LogP contribution in [0.4, 0.5) is 4.39 Å². The molecule has 1 heterocycles. The number of halogens is 2. The van der Waals surface area contributed by atoms with Crippen LogP contribution < -0.4 is 5.46 Å². The molecule has 0 radical (unpaired) electrons. The number of pyridine rings is 1. The third-order valence-corrected chi connectivity index (χ3v) is 1.64. The monoisotopic (exact) mass is 267 g/mol. The van der Waals surface area contributed by atoms with E-state index < -0.39 is 13.1 Å². The molecule has 0 amide bonds. The molecule has 0 aliphatic rings. The number of hydrogen-bond acceptors (Lipinski definition) is 3. The number of nitrogens with zero attached hydrogens (tertiary/aromatic N) is 1. The Morgan fingerprint density at radius 3 is 2.55 bits per heavy atom. The van der Waals surface area contributed by atoms with Crippen LogP contribution in [0.1, 0.15) is 0 Å². The van der Waals surface area contributed by atoms with Crippen LogP contribution in [-0.4, -0.2) is 22.2 Å². The first-order valence-electron chi connectivity index (χ1n) is 2.78. The van der Waals surface area contributed by atoms with Crippen LogP contribution in [0.5, 0.6) is 0 Å². The first-order chi connectivity index (χ1) is 5.09. The van der Waals surface area contributed by atoms with E-state index in [0.29, 0.717) is 3.70 Å². The maximum absolute atomic E-state index is 12.5. The molecule has 0 saturated heterocycles. The molecule has 0 fully saturated rings. The topological polar surface area (TPSA) is 53.4 Å². The summed E-state index contributed by atoms with van der Waals surface area (Å²) in [6.07, 6.45) is 0. The van der Waals surface area contributed by atoms with E-state index in [4.69, 9.17) is 10.0 Å². The molecular weight excluding hydrogens is 263 g/mol. The van der Waals surface area contributed by atoms with Crippen molar-refractivity contribution in [3.63, 3.8) is 0 Å². The summed E-state index contributed by atoms with van der Waals surface area (Å²) in [7, 11) is -1.64. The van der Waals surface area contributed by atoms with Crippen LogP contribution in [0.25, 0.3) is 0 Å². The van der Waals surface area contributed by atoms with Crippen LogP contribution >= 0.6 is 22.6 Å². The summed E-state index contributed by atoms with van der Waals surface area (Å²) in [5.41, 5.74) is 0.113. The van der Waals surface area contributed by atoms with Gasteiger partial charge in [0.05, 0.1) is 0 Å². The van der Waals surface area contributed by atoms with Gasteiger partial charge in [0.2, 0.25) is 5.95 Å². The van der Waals surface area contributed by atoms with Gasteiger partial charge in [0.15, 0.2) is 0 Å². The minimum atomic E-state index is -1.64. The zero-order valence-electron chi connectivity index (χ0n) is 5.33. The second kappa shape index (κ2) is 3.46. The van der Waals surface area contributed by atoms with E-state index in [1.165, 1.54) is 6.07 Å². The lowest BCUT2D eigenvalue weighted by molar-refractivity contribution is 0.425. The summed E-state index contributed by atoms with van der Waals surface area (Å²) in [5.74, 6) is -0.708. The smallest absolute Gasteiger partial charge is 0.423 e. The van der Waals surface area contributed by atoms with Gasteiger partial charge in [-0.25, -0.2) is 4.98 Å². The lowest BCUT2D eigenvalue weighted by atomic mass is 9.81. The Morgan fingerprint density at radius 2 is 2.09 bits per heavy atom. The average molecular weight is 267 g/mol. The van der Waals surface area contributed by atoms with Gasteiger partial charge in [-0.2, -0.15) is 4.39 Å². The highest BCUT2D eigenvalue weighted by Crippen LogP contribution is 1.99. The predicted molar refractivity (Wildman–Crippen MR) is 46.7 cm³/mol. The summed E-state index contributed by atoms with van der Waals surface area (Å²) in [6.45, 7) is 0. The highest BCUT2D eigenvalue weighted by Gasteiger charge is 2.12. The van der Waals surface area contributed by atoms with Crippen LogP contribution in [0.3, 0.4) is 0 Å². The van der Waals surface area contributed by atoms with Crippen molar-refractivity contribution in [2.45, 2.75) is 0 Å². The van der Waals surface area contributed by atoms with Crippen LogP contribution in [0.15, 0.2) is 12.1 Å². The van der Waals surface area contributed by atoms with Crippen molar-refractivity contribution in [3.8, 4) is 0 Å². The van der Waals surface area contributed by atoms with Gasteiger partial charge in [-0.3, -0.25) is 0 Å². The molecule has 1 aromatic rings. The van der Waals surface area contributed by atoms with E-state index in [0.717, 1.165) is 6.07 Å². The second-order valence-corrected chi connectivity index (χ2v) is 3.02. The molecule has 0 bridgehead atoms. The third-order valence-electron chi connectivity index (χ3n) is 1.08. The number of rotatable bonds is 1. The van der Waals surface area contributed by atoms with Crippen molar-refractivity contribution in [1.29, 1.82) is 0 Å². The molecule has 0 aliphatic carbocycles. The van der Waals surface area contributed by atoms with Crippen molar-refractivity contribution < 1.29 is 14.4 Å². The second-order valence-electron chi connectivity index (χ2n) is 1.92. The summed E-state index contributed by atoms with van der Waals surface area (Å²) < 4.78 is 12.8. The fourth-order valence-electron chi connectivity index (χ4n) is 0.632. The van der Waals surface area contributed by atoms with Gasteiger partial charge in [-0.1, -0.05) is 0 Å². The lowest BCUT2D eigenvalue weighted by Crippen LogP contribution is -2.30. The Hall–Kier alpha value is -0.205. The minimum Gasteiger partial charge on any atom is -0.423 e. The highest BCUT2D eigenvalue weighted by molar-refractivity contribution is 14.1. The fraction of sp³-hybridized carbons (Fsp3) is 0. The van der Waals surface area contributed by atoms with Gasteiger partial charge in [0, 0.05) is 0 Å². The maximum atomic E-state index is 12.5. The molecule has 58 valence electrons. The summed E-state index contributed by atoms with van der Waals surface area (Å²) in [6, 6.07) is 2.38. The minimum absolute atomic E-state index is 0.113. The largest absolute Gasteiger partial charge is 0.488 e. The van der Waals surface area contributed by atoms with Gasteiger partial charge in [-0.15, -0.1) is 0 Å². The van der Waals surface area contributed by atoms with Crippen molar-refractivity contribution in [2.24, 2.45) is 0 Å². The van der Waals surface area contributed by atoms with Crippen LogP contribution in [0.2, 0.25) is 0 Å². The molecule has 11 heavy (non-hydrogen) atoms. The van der Waals surface area contributed by atoms with E-state index in [9.17, 15) is 4.39 Å². The fourth-order valence-corrected chi connectivity index (χ4v) is 1.22. The standard InChI is InChI=1S/C5H4BFINO2/c7-4-1-3(6(10)11)2-5(8)9-4/h1-2,10-11H. The van der Waals surface area contributed by atoms with Crippen LogP contribution in [-0.2, 0) is 0 Å². The van der Waals surface area contributed by atoms with Gasteiger partial charge in [0.1, 0.15) is 3.70 Å². The summed E-state index contributed by atoms with van der Waals surface area (Å²) in [5, 5.41) is 17.3. The van der Waals surface area contributed by atoms with E-state index >= 15 is 0 Å². The lowest BCUT2D eigenvalue weighted by Gasteiger charge is -1.98. The van der Waals surface area contributed by atoms with Gasteiger partial charge >= 0.3 is 7.12 Å². The molecule has 6 heteroatoms. The molecule has 0 aliphatic heterocycles. The predicted octanol–water partition coefficient (Wildman–Crippen LogP) is -0.495. The quantitative estimate of drug-likeness (QED) is 0.410. The first-order valence-corrected chi connectivity index (χ1v) is 3.86. The molecular formula is C5H4BFINO2. The van der Waals surface area contributed by atoms with Crippen LogP contribution in [0, 0.1) is 9.65 Å². The van der Waals surface area contributed by atoms with Crippen molar-refractivity contribution in [2.75, 3.05) is 0 Å². The SMILES string of the molecule is OB(O)c1cc(F)nc(I)c1. The zero-order chi connectivity index (χ0) is 8.43. The molecule has 0 unspecified atom stereocenters. The molecule has 0 aromatic carbocycles. The van der Waals surface area contributed by atoms with Gasteiger partial charge in [0.25, 0.3) is 0 Å². The maximum Gasteiger partial charge on any atom is 0.488 e. The van der Waals surface area contributed by atoms with Gasteiger partial charge in [-0.05, 0) is 40.2 Å². The van der Waals surface area contributed by atoms with Crippen molar-refractivity contribution in [3.05, 3.63) is 21.8 Å². The summed E-state index contributed by atoms with van der Waals surface area (Å²) in [4.78, 5) is 3.41. The number of hydrogen-bond donors (Lipinski definition) is 2. The highest BCUT2D eigenvalue weighted by atomic mass is 127. The Bertz CT molecular complexity index is 250. The molecule has 3 nitrogen and oxygen atoms in total. The van der Waals surface area contributed by atoms with E-state index in [1.807, 2.05) is 0 Å². The third kappa shape index (κ3) is 2.39. The Morgan fingerprint density at radius 1 is 1.45 bits per heavy atom. The molecule has 1 aromatic heterocycles. The summed E-state index contributed by atoms with van der Waals surface area (Å²) >= 11 is 1.79. The van der Waals surface area contributed by atoms with Crippen molar-refractivity contribution in [1.82, 2.24) is 4.98 Å². The molecule has 2 N–H and O–H groups in total.